The molecule has 0 aliphatic rings. The second-order valence-electron chi connectivity index (χ2n) is 7.50. The predicted molar refractivity (Wildman–Crippen MR) is 119 cm³/mol. The molecule has 0 aliphatic carbocycles. The first kappa shape index (κ1) is 24.9. The summed E-state index contributed by atoms with van der Waals surface area (Å²) in [5.74, 6) is 0.903. The summed E-state index contributed by atoms with van der Waals surface area (Å²) < 4.78 is 39.1. The molecule has 0 fully saturated rings. The minimum atomic E-state index is -4.40. The molecule has 1 heterocycles. The van der Waals surface area contributed by atoms with E-state index < -0.39 is 11.7 Å². The topological polar surface area (TPSA) is 102 Å². The minimum absolute atomic E-state index is 0.333. The Morgan fingerprint density at radius 1 is 0.903 bits per heavy atom. The van der Waals surface area contributed by atoms with Crippen LogP contribution in [0, 0.1) is 0 Å². The molecule has 0 atom stereocenters. The van der Waals surface area contributed by atoms with Crippen molar-refractivity contribution in [3.63, 3.8) is 0 Å². The molecular weight excluding hydrogens is 405 g/mol. The van der Waals surface area contributed by atoms with Gasteiger partial charge in [0, 0.05) is 30.5 Å². The zero-order valence-electron chi connectivity index (χ0n) is 17.8. The highest BCUT2D eigenvalue weighted by molar-refractivity contribution is 5.61. The van der Waals surface area contributed by atoms with E-state index in [1.807, 2.05) is 0 Å². The van der Waals surface area contributed by atoms with Gasteiger partial charge in [0.05, 0.1) is 5.56 Å². The highest BCUT2D eigenvalue weighted by Crippen LogP contribution is 2.31. The Balaban J connectivity index is 2.03. The van der Waals surface area contributed by atoms with E-state index in [1.165, 1.54) is 25.3 Å². The normalized spacial score (nSPS) is 11.5. The summed E-state index contributed by atoms with van der Waals surface area (Å²) >= 11 is 0. The molecule has 6 N–H and O–H groups in total. The van der Waals surface area contributed by atoms with Crippen molar-refractivity contribution >= 4 is 17.5 Å². The molecule has 2 aromatic rings. The van der Waals surface area contributed by atoms with Crippen molar-refractivity contribution in [2.45, 2.75) is 57.5 Å². The van der Waals surface area contributed by atoms with Gasteiger partial charge in [-0.3, -0.25) is 0 Å². The third-order valence-corrected chi connectivity index (χ3v) is 4.89. The maximum absolute atomic E-state index is 13.0. The molecule has 2 rings (SSSR count). The number of rotatable bonds is 14. The molecule has 172 valence electrons. The van der Waals surface area contributed by atoms with Gasteiger partial charge in [-0.2, -0.15) is 18.2 Å². The third kappa shape index (κ3) is 9.10. The van der Waals surface area contributed by atoms with Crippen LogP contribution in [0.15, 0.2) is 30.5 Å². The Kier molecular flexibility index (Phi) is 10.5. The molecule has 0 amide bonds. The maximum atomic E-state index is 13.0. The van der Waals surface area contributed by atoms with Crippen molar-refractivity contribution in [1.82, 2.24) is 9.97 Å². The Morgan fingerprint density at radius 3 is 2.29 bits per heavy atom. The fraction of sp³-hybridized carbons (Fsp3) is 0.545. The fourth-order valence-electron chi connectivity index (χ4n) is 3.22. The lowest BCUT2D eigenvalue weighted by atomic mass is 10.1. The smallest absolute Gasteiger partial charge is 0.353 e. The zero-order valence-corrected chi connectivity index (χ0v) is 17.8. The highest BCUT2D eigenvalue weighted by atomic mass is 19.4. The van der Waals surface area contributed by atoms with Crippen LogP contribution in [0.3, 0.4) is 0 Å². The van der Waals surface area contributed by atoms with Crippen LogP contribution in [0.1, 0.15) is 56.1 Å². The molecule has 0 saturated carbocycles. The van der Waals surface area contributed by atoms with Crippen molar-refractivity contribution in [3.05, 3.63) is 41.6 Å². The number of aryl methyl sites for hydroxylation is 1. The van der Waals surface area contributed by atoms with Crippen LogP contribution in [-0.2, 0) is 12.6 Å². The van der Waals surface area contributed by atoms with E-state index >= 15 is 0 Å². The average Bonchev–Trinajstić information content (AvgIpc) is 2.75. The van der Waals surface area contributed by atoms with Crippen LogP contribution in [0.5, 0.6) is 0 Å². The molecule has 9 heteroatoms. The molecule has 0 saturated heterocycles. The molecule has 0 unspecified atom stereocenters. The summed E-state index contributed by atoms with van der Waals surface area (Å²) in [6.07, 6.45) is 5.91. The van der Waals surface area contributed by atoms with Gasteiger partial charge in [0.2, 0.25) is 5.95 Å². The number of nitrogens with zero attached hydrogens (tertiary/aromatic N) is 2. The standard InChI is InChI=1S/C22H33F3N6/c23-22(24,25)18-10-8-11-19(15-18)30-20-17(16-29-21(31-20)28-14-13-27)9-6-4-2-1-3-5-7-12-26/h8,10-11,15-16H,1-7,9,12-14,26-27H2,(H2,28,29,30,31). The third-order valence-electron chi connectivity index (χ3n) is 4.89. The predicted octanol–water partition coefficient (Wildman–Crippen LogP) is 4.84. The van der Waals surface area contributed by atoms with Gasteiger partial charge < -0.3 is 22.1 Å². The summed E-state index contributed by atoms with van der Waals surface area (Å²) in [4.78, 5) is 8.78. The summed E-state index contributed by atoms with van der Waals surface area (Å²) in [5, 5.41) is 6.05. The Bertz CT molecular complexity index is 782. The lowest BCUT2D eigenvalue weighted by molar-refractivity contribution is -0.137. The van der Waals surface area contributed by atoms with Gasteiger partial charge in [0.15, 0.2) is 0 Å². The quantitative estimate of drug-likeness (QED) is 0.315. The number of unbranched alkanes of at least 4 members (excludes halogenated alkanes) is 6. The number of halogens is 3. The second kappa shape index (κ2) is 13.1. The van der Waals surface area contributed by atoms with E-state index in [0.29, 0.717) is 30.5 Å². The second-order valence-corrected chi connectivity index (χ2v) is 7.50. The number of aromatic nitrogens is 2. The summed E-state index contributed by atoms with van der Waals surface area (Å²) in [5.41, 5.74) is 11.5. The van der Waals surface area contributed by atoms with Crippen molar-refractivity contribution in [2.24, 2.45) is 11.5 Å². The minimum Gasteiger partial charge on any atom is -0.353 e. The summed E-state index contributed by atoms with van der Waals surface area (Å²) in [7, 11) is 0. The van der Waals surface area contributed by atoms with Crippen LogP contribution in [0.4, 0.5) is 30.6 Å². The van der Waals surface area contributed by atoms with Crippen LogP contribution in [0.25, 0.3) is 0 Å². The van der Waals surface area contributed by atoms with Gasteiger partial charge in [-0.25, -0.2) is 4.98 Å². The van der Waals surface area contributed by atoms with Crippen LogP contribution >= 0.6 is 0 Å². The zero-order chi connectivity index (χ0) is 22.5. The lowest BCUT2D eigenvalue weighted by Gasteiger charge is -2.14. The Hall–Kier alpha value is -2.39. The number of hydrogen-bond donors (Lipinski definition) is 4. The van der Waals surface area contributed by atoms with Crippen molar-refractivity contribution in [2.75, 3.05) is 30.3 Å². The summed E-state index contributed by atoms with van der Waals surface area (Å²) in [6, 6.07) is 5.10. The van der Waals surface area contributed by atoms with Crippen molar-refractivity contribution in [1.29, 1.82) is 0 Å². The molecule has 1 aromatic heterocycles. The van der Waals surface area contributed by atoms with E-state index in [0.717, 1.165) is 56.3 Å². The molecule has 1 aromatic carbocycles. The van der Waals surface area contributed by atoms with Crippen LogP contribution in [-0.4, -0.2) is 29.6 Å². The number of nitrogens with one attached hydrogen (secondary N) is 2. The first-order chi connectivity index (χ1) is 14.9. The lowest BCUT2D eigenvalue weighted by Crippen LogP contribution is -2.15. The first-order valence-corrected chi connectivity index (χ1v) is 10.9. The van der Waals surface area contributed by atoms with Crippen LogP contribution in [0.2, 0.25) is 0 Å². The highest BCUT2D eigenvalue weighted by Gasteiger charge is 2.30. The number of anilines is 3. The monoisotopic (exact) mass is 438 g/mol. The number of hydrogen-bond acceptors (Lipinski definition) is 6. The molecule has 0 bridgehead atoms. The maximum Gasteiger partial charge on any atom is 0.416 e. The first-order valence-electron chi connectivity index (χ1n) is 10.9. The van der Waals surface area contributed by atoms with E-state index in [2.05, 4.69) is 20.6 Å². The Labute approximate surface area is 182 Å². The number of benzene rings is 1. The van der Waals surface area contributed by atoms with Gasteiger partial charge in [-0.15, -0.1) is 0 Å². The number of alkyl halides is 3. The Morgan fingerprint density at radius 2 is 1.61 bits per heavy atom. The van der Waals surface area contributed by atoms with Gasteiger partial charge in [0.25, 0.3) is 0 Å². The molecule has 0 radical (unpaired) electrons. The average molecular weight is 439 g/mol. The van der Waals surface area contributed by atoms with Crippen molar-refractivity contribution in [3.8, 4) is 0 Å². The number of nitrogens with two attached hydrogens (primary N) is 2. The van der Waals surface area contributed by atoms with Gasteiger partial charge in [-0.1, -0.05) is 38.2 Å². The largest absolute Gasteiger partial charge is 0.416 e. The SMILES string of the molecule is NCCCCCCCCCc1cnc(NCCN)nc1Nc1cccc(C(F)(F)F)c1. The van der Waals surface area contributed by atoms with Gasteiger partial charge in [-0.05, 0) is 44.0 Å². The molecule has 0 spiro atoms. The van der Waals surface area contributed by atoms with E-state index in [1.54, 1.807) is 12.3 Å². The molecular formula is C22H33F3N6. The molecule has 0 aliphatic heterocycles. The fourth-order valence-corrected chi connectivity index (χ4v) is 3.22. The van der Waals surface area contributed by atoms with Gasteiger partial charge >= 0.3 is 6.18 Å². The van der Waals surface area contributed by atoms with E-state index in [4.69, 9.17) is 11.5 Å². The molecule has 31 heavy (non-hydrogen) atoms. The molecule has 6 nitrogen and oxygen atoms in total. The van der Waals surface area contributed by atoms with Crippen molar-refractivity contribution < 1.29 is 13.2 Å². The summed E-state index contributed by atoms with van der Waals surface area (Å²) in [6.45, 7) is 1.68. The van der Waals surface area contributed by atoms with Crippen LogP contribution < -0.4 is 22.1 Å². The van der Waals surface area contributed by atoms with Gasteiger partial charge in [0.1, 0.15) is 5.82 Å². The van der Waals surface area contributed by atoms with E-state index in [-0.39, 0.29) is 0 Å². The van der Waals surface area contributed by atoms with E-state index in [9.17, 15) is 13.2 Å².